The number of rotatable bonds is 3. The van der Waals surface area contributed by atoms with Gasteiger partial charge in [0.05, 0.1) is 12.7 Å². The summed E-state index contributed by atoms with van der Waals surface area (Å²) in [5.41, 5.74) is 9.89. The Morgan fingerprint density at radius 2 is 2.06 bits per heavy atom. The van der Waals surface area contributed by atoms with Gasteiger partial charge in [0, 0.05) is 6.04 Å². The van der Waals surface area contributed by atoms with Crippen LogP contribution in [-0.4, -0.2) is 12.1 Å². The zero-order valence-corrected chi connectivity index (χ0v) is 10.2. The van der Waals surface area contributed by atoms with Crippen molar-refractivity contribution in [2.24, 2.45) is 5.73 Å². The smallest absolute Gasteiger partial charge is 0.0730 e. The van der Waals surface area contributed by atoms with E-state index in [0.29, 0.717) is 6.61 Å². The van der Waals surface area contributed by atoms with E-state index in [-0.39, 0.29) is 12.1 Å². The number of hydrogen-bond acceptors (Lipinski definition) is 2. The van der Waals surface area contributed by atoms with Crippen LogP contribution in [0.25, 0.3) is 0 Å². The van der Waals surface area contributed by atoms with Crippen molar-refractivity contribution in [1.29, 1.82) is 0 Å². The van der Waals surface area contributed by atoms with E-state index >= 15 is 0 Å². The third-order valence-electron chi connectivity index (χ3n) is 3.54. The summed E-state index contributed by atoms with van der Waals surface area (Å²) in [4.78, 5) is 0. The molecule has 1 fully saturated rings. The van der Waals surface area contributed by atoms with Crippen LogP contribution >= 0.6 is 0 Å². The summed E-state index contributed by atoms with van der Waals surface area (Å²) in [5.74, 6) is 0. The van der Waals surface area contributed by atoms with Crippen molar-refractivity contribution in [1.82, 2.24) is 0 Å². The maximum Gasteiger partial charge on any atom is 0.0730 e. The highest BCUT2D eigenvalue weighted by Gasteiger charge is 2.24. The normalized spacial score (nSPS) is 24.9. The fraction of sp³-hybridized carbons (Fsp3) is 0.571. The molecule has 0 radical (unpaired) electrons. The van der Waals surface area contributed by atoms with Gasteiger partial charge in [-0.05, 0) is 49.8 Å². The molecule has 0 amide bonds. The van der Waals surface area contributed by atoms with Crippen molar-refractivity contribution in [3.05, 3.63) is 34.9 Å². The molecular weight excluding hydrogens is 198 g/mol. The molecule has 2 nitrogen and oxygen atoms in total. The molecule has 0 aromatic heterocycles. The van der Waals surface area contributed by atoms with E-state index < -0.39 is 0 Å². The Balaban J connectivity index is 1.91. The molecule has 2 rings (SSSR count). The second-order valence-corrected chi connectivity index (χ2v) is 4.86. The zero-order valence-electron chi connectivity index (χ0n) is 10.2. The molecule has 1 saturated carbocycles. The van der Waals surface area contributed by atoms with Gasteiger partial charge < -0.3 is 10.5 Å². The minimum Gasteiger partial charge on any atom is -0.372 e. The molecule has 2 N–H and O–H groups in total. The van der Waals surface area contributed by atoms with Crippen molar-refractivity contribution in [3.8, 4) is 0 Å². The standard InChI is InChI=1S/C14H21NO/c1-10-6-7-12(8-11(10)2)9-16-14-5-3-4-13(14)15/h6-8,13-14H,3-5,9,15H2,1-2H3. The summed E-state index contributed by atoms with van der Waals surface area (Å²) in [5, 5.41) is 0. The predicted octanol–water partition coefficient (Wildman–Crippen LogP) is 2.70. The molecule has 1 aliphatic rings. The van der Waals surface area contributed by atoms with Crippen LogP contribution < -0.4 is 5.73 Å². The lowest BCUT2D eigenvalue weighted by atomic mass is 10.1. The Bertz CT molecular complexity index is 362. The number of hydrogen-bond donors (Lipinski definition) is 1. The second kappa shape index (κ2) is 4.98. The van der Waals surface area contributed by atoms with Gasteiger partial charge in [-0.2, -0.15) is 0 Å². The molecule has 1 aromatic carbocycles. The first kappa shape index (κ1) is 11.6. The average Bonchev–Trinajstić information content (AvgIpc) is 2.66. The van der Waals surface area contributed by atoms with Crippen LogP contribution in [0.4, 0.5) is 0 Å². The maximum atomic E-state index is 5.97. The number of aryl methyl sites for hydroxylation is 2. The molecule has 2 atom stereocenters. The predicted molar refractivity (Wildman–Crippen MR) is 66.3 cm³/mol. The van der Waals surface area contributed by atoms with Gasteiger partial charge in [0.25, 0.3) is 0 Å². The van der Waals surface area contributed by atoms with Gasteiger partial charge in [-0.3, -0.25) is 0 Å². The molecule has 1 aliphatic carbocycles. The molecule has 2 unspecified atom stereocenters. The third kappa shape index (κ3) is 2.63. The SMILES string of the molecule is Cc1ccc(COC2CCCC2N)cc1C. The lowest BCUT2D eigenvalue weighted by Gasteiger charge is -2.16. The Morgan fingerprint density at radius 1 is 1.25 bits per heavy atom. The van der Waals surface area contributed by atoms with E-state index in [0.717, 1.165) is 12.8 Å². The molecule has 16 heavy (non-hydrogen) atoms. The van der Waals surface area contributed by atoms with Crippen molar-refractivity contribution in [2.75, 3.05) is 0 Å². The molecule has 88 valence electrons. The topological polar surface area (TPSA) is 35.2 Å². The van der Waals surface area contributed by atoms with Crippen molar-refractivity contribution >= 4 is 0 Å². The van der Waals surface area contributed by atoms with E-state index in [9.17, 15) is 0 Å². The monoisotopic (exact) mass is 219 g/mol. The molecule has 2 heteroatoms. The largest absolute Gasteiger partial charge is 0.372 e. The van der Waals surface area contributed by atoms with Crippen LogP contribution in [-0.2, 0) is 11.3 Å². The Morgan fingerprint density at radius 3 is 2.69 bits per heavy atom. The molecule has 0 spiro atoms. The lowest BCUT2D eigenvalue weighted by Crippen LogP contribution is -2.31. The second-order valence-electron chi connectivity index (χ2n) is 4.86. The van der Waals surface area contributed by atoms with E-state index in [2.05, 4.69) is 32.0 Å². The molecular formula is C14H21NO. The van der Waals surface area contributed by atoms with Crippen molar-refractivity contribution < 1.29 is 4.74 Å². The Hall–Kier alpha value is -0.860. The fourth-order valence-electron chi connectivity index (χ4n) is 2.26. The van der Waals surface area contributed by atoms with E-state index in [4.69, 9.17) is 10.5 Å². The first-order chi connectivity index (χ1) is 7.66. The molecule has 0 saturated heterocycles. The summed E-state index contributed by atoms with van der Waals surface area (Å²) in [6.07, 6.45) is 3.70. The number of nitrogens with two attached hydrogens (primary N) is 1. The van der Waals surface area contributed by atoms with E-state index in [1.54, 1.807) is 0 Å². The minimum absolute atomic E-state index is 0.242. The van der Waals surface area contributed by atoms with Crippen molar-refractivity contribution in [3.63, 3.8) is 0 Å². The maximum absolute atomic E-state index is 5.97. The summed E-state index contributed by atoms with van der Waals surface area (Å²) in [6.45, 7) is 4.96. The Kier molecular flexibility index (Phi) is 3.62. The summed E-state index contributed by atoms with van der Waals surface area (Å²) < 4.78 is 5.87. The zero-order chi connectivity index (χ0) is 11.5. The average molecular weight is 219 g/mol. The highest BCUT2D eigenvalue weighted by Crippen LogP contribution is 2.21. The van der Waals surface area contributed by atoms with Crippen LogP contribution in [0.2, 0.25) is 0 Å². The lowest BCUT2D eigenvalue weighted by molar-refractivity contribution is 0.0357. The number of benzene rings is 1. The minimum atomic E-state index is 0.242. The van der Waals surface area contributed by atoms with Crippen LogP contribution in [0, 0.1) is 13.8 Å². The van der Waals surface area contributed by atoms with Gasteiger partial charge >= 0.3 is 0 Å². The molecule has 0 aliphatic heterocycles. The van der Waals surface area contributed by atoms with Gasteiger partial charge in [0.1, 0.15) is 0 Å². The van der Waals surface area contributed by atoms with Crippen molar-refractivity contribution in [2.45, 2.75) is 51.9 Å². The van der Waals surface area contributed by atoms with E-state index in [1.165, 1.54) is 23.1 Å². The van der Waals surface area contributed by atoms with Gasteiger partial charge in [-0.15, -0.1) is 0 Å². The highest BCUT2D eigenvalue weighted by atomic mass is 16.5. The van der Waals surface area contributed by atoms with Gasteiger partial charge in [-0.25, -0.2) is 0 Å². The van der Waals surface area contributed by atoms with Gasteiger partial charge in [-0.1, -0.05) is 18.2 Å². The van der Waals surface area contributed by atoms with Crippen LogP contribution in [0.15, 0.2) is 18.2 Å². The fourth-order valence-corrected chi connectivity index (χ4v) is 2.26. The quantitative estimate of drug-likeness (QED) is 0.848. The molecule has 0 heterocycles. The summed E-state index contributed by atoms with van der Waals surface area (Å²) in [7, 11) is 0. The van der Waals surface area contributed by atoms with Crippen LogP contribution in [0.1, 0.15) is 36.0 Å². The van der Waals surface area contributed by atoms with E-state index in [1.807, 2.05) is 0 Å². The molecule has 1 aromatic rings. The summed E-state index contributed by atoms with van der Waals surface area (Å²) in [6, 6.07) is 6.74. The number of ether oxygens (including phenoxy) is 1. The third-order valence-corrected chi connectivity index (χ3v) is 3.54. The highest BCUT2D eigenvalue weighted by molar-refractivity contribution is 5.29. The molecule has 0 bridgehead atoms. The summed E-state index contributed by atoms with van der Waals surface area (Å²) >= 11 is 0. The first-order valence-electron chi connectivity index (χ1n) is 6.10. The van der Waals surface area contributed by atoms with Gasteiger partial charge in [0.15, 0.2) is 0 Å². The van der Waals surface area contributed by atoms with Gasteiger partial charge in [0.2, 0.25) is 0 Å². The first-order valence-corrected chi connectivity index (χ1v) is 6.10. The Labute approximate surface area is 97.8 Å². The van der Waals surface area contributed by atoms with Crippen LogP contribution in [0.3, 0.4) is 0 Å². The van der Waals surface area contributed by atoms with Crippen LogP contribution in [0.5, 0.6) is 0 Å².